The van der Waals surface area contributed by atoms with Gasteiger partial charge in [-0.2, -0.15) is 4.31 Å². The van der Waals surface area contributed by atoms with Crippen molar-refractivity contribution in [3.8, 4) is 5.75 Å². The number of halogens is 1. The average molecular weight is 454 g/mol. The molecule has 2 rings (SSSR count). The van der Waals surface area contributed by atoms with E-state index in [0.29, 0.717) is 24.5 Å². The predicted octanol–water partition coefficient (Wildman–Crippen LogP) is 3.35. The maximum absolute atomic E-state index is 12.5. The molecule has 8 nitrogen and oxygen atoms in total. The molecular weight excluding hydrogens is 430 g/mol. The van der Waals surface area contributed by atoms with Gasteiger partial charge in [0.05, 0.1) is 9.92 Å². The Morgan fingerprint density at radius 1 is 1.00 bits per heavy atom. The molecule has 0 aliphatic heterocycles. The number of carbonyl (C=O) groups excluding carboxylic acids is 2. The number of rotatable bonds is 9. The summed E-state index contributed by atoms with van der Waals surface area (Å²) in [6, 6.07) is 10.7. The van der Waals surface area contributed by atoms with Crippen molar-refractivity contribution in [2.24, 2.45) is 0 Å². The Bertz CT molecular complexity index is 1010. The second-order valence-electron chi connectivity index (χ2n) is 6.28. The quantitative estimate of drug-likeness (QED) is 0.605. The Morgan fingerprint density at radius 2 is 1.57 bits per heavy atom. The number of nitrogens with one attached hydrogen (secondary N) is 2. The topological polar surface area (TPSA) is 105 Å². The first-order chi connectivity index (χ1) is 14.2. The van der Waals surface area contributed by atoms with Gasteiger partial charge in [-0.15, -0.1) is 0 Å². The van der Waals surface area contributed by atoms with Crippen molar-refractivity contribution < 1.29 is 22.7 Å². The van der Waals surface area contributed by atoms with Gasteiger partial charge in [0.1, 0.15) is 5.75 Å². The number of nitrogens with zero attached hydrogens (tertiary/aromatic N) is 1. The Labute approximate surface area is 181 Å². The van der Waals surface area contributed by atoms with Crippen molar-refractivity contribution in [3.63, 3.8) is 0 Å². The van der Waals surface area contributed by atoms with Gasteiger partial charge in [0.2, 0.25) is 15.9 Å². The lowest BCUT2D eigenvalue weighted by Gasteiger charge is -2.19. The Balaban J connectivity index is 1.99. The molecule has 162 valence electrons. The molecular formula is C20H24ClN3O5S. The van der Waals surface area contributed by atoms with Gasteiger partial charge in [0.15, 0.2) is 6.61 Å². The molecule has 2 aromatic carbocycles. The van der Waals surface area contributed by atoms with E-state index in [1.54, 1.807) is 38.1 Å². The predicted molar refractivity (Wildman–Crippen MR) is 116 cm³/mol. The number of anilines is 2. The fourth-order valence-corrected chi connectivity index (χ4v) is 4.44. The standard InChI is InChI=1S/C20H24ClN3O5S/c1-4-24(5-2)30(27,28)17-10-11-19(18(21)12-17)29-13-20(26)23-16-8-6-15(7-9-16)22-14(3)25/h6-12H,4-5,13H2,1-3H3,(H,22,25)(H,23,26). The Kier molecular flexibility index (Phi) is 8.22. The van der Waals surface area contributed by atoms with Gasteiger partial charge in [-0.25, -0.2) is 8.42 Å². The minimum absolute atomic E-state index is 0.0623. The van der Waals surface area contributed by atoms with Crippen molar-refractivity contribution in [2.75, 3.05) is 30.3 Å². The first kappa shape index (κ1) is 23.7. The van der Waals surface area contributed by atoms with Crippen LogP contribution in [0.25, 0.3) is 0 Å². The highest BCUT2D eigenvalue weighted by atomic mass is 35.5. The number of sulfonamides is 1. The third kappa shape index (κ3) is 6.19. The molecule has 2 N–H and O–H groups in total. The number of benzene rings is 2. The first-order valence-electron chi connectivity index (χ1n) is 9.27. The lowest BCUT2D eigenvalue weighted by molar-refractivity contribution is -0.118. The zero-order chi connectivity index (χ0) is 22.3. The van der Waals surface area contributed by atoms with Crippen LogP contribution in [0.3, 0.4) is 0 Å². The molecule has 0 fully saturated rings. The van der Waals surface area contributed by atoms with Gasteiger partial charge in [-0.1, -0.05) is 25.4 Å². The summed E-state index contributed by atoms with van der Waals surface area (Å²) in [5.41, 5.74) is 1.15. The Hall–Kier alpha value is -2.62. The number of carbonyl (C=O) groups is 2. The molecule has 0 aromatic heterocycles. The molecule has 0 unspecified atom stereocenters. The molecule has 2 amide bonds. The van der Waals surface area contributed by atoms with Crippen LogP contribution in [0.4, 0.5) is 11.4 Å². The summed E-state index contributed by atoms with van der Waals surface area (Å²) in [6.07, 6.45) is 0. The molecule has 0 heterocycles. The summed E-state index contributed by atoms with van der Waals surface area (Å²) in [6.45, 7) is 5.30. The van der Waals surface area contributed by atoms with Crippen LogP contribution in [-0.4, -0.2) is 44.2 Å². The highest BCUT2D eigenvalue weighted by Gasteiger charge is 2.22. The van der Waals surface area contributed by atoms with E-state index in [0.717, 1.165) is 0 Å². The fraction of sp³-hybridized carbons (Fsp3) is 0.300. The van der Waals surface area contributed by atoms with E-state index in [-0.39, 0.29) is 28.2 Å². The van der Waals surface area contributed by atoms with Crippen LogP contribution in [-0.2, 0) is 19.6 Å². The van der Waals surface area contributed by atoms with Crippen molar-refractivity contribution in [2.45, 2.75) is 25.7 Å². The van der Waals surface area contributed by atoms with Crippen LogP contribution < -0.4 is 15.4 Å². The molecule has 30 heavy (non-hydrogen) atoms. The monoisotopic (exact) mass is 453 g/mol. The normalized spacial score (nSPS) is 11.2. The molecule has 0 bridgehead atoms. The van der Waals surface area contributed by atoms with Gasteiger partial charge in [-0.3, -0.25) is 9.59 Å². The number of amides is 2. The van der Waals surface area contributed by atoms with Gasteiger partial charge in [-0.05, 0) is 42.5 Å². The van der Waals surface area contributed by atoms with E-state index in [1.165, 1.54) is 29.4 Å². The van der Waals surface area contributed by atoms with Gasteiger partial charge in [0.25, 0.3) is 5.91 Å². The molecule has 0 spiro atoms. The van der Waals surface area contributed by atoms with Crippen LogP contribution in [0.2, 0.25) is 5.02 Å². The van der Waals surface area contributed by atoms with E-state index < -0.39 is 15.9 Å². The fourth-order valence-electron chi connectivity index (χ4n) is 2.65. The van der Waals surface area contributed by atoms with E-state index in [1.807, 2.05) is 0 Å². The summed E-state index contributed by atoms with van der Waals surface area (Å²) in [5.74, 6) is -0.405. The average Bonchev–Trinajstić information content (AvgIpc) is 2.69. The summed E-state index contributed by atoms with van der Waals surface area (Å²) in [4.78, 5) is 23.2. The molecule has 10 heteroatoms. The molecule has 2 aromatic rings. The van der Waals surface area contributed by atoms with E-state index in [2.05, 4.69) is 10.6 Å². The number of hydrogen-bond acceptors (Lipinski definition) is 5. The highest BCUT2D eigenvalue weighted by molar-refractivity contribution is 7.89. The minimum atomic E-state index is -3.64. The second kappa shape index (κ2) is 10.4. The van der Waals surface area contributed by atoms with Crippen LogP contribution in [0.1, 0.15) is 20.8 Å². The Morgan fingerprint density at radius 3 is 2.07 bits per heavy atom. The van der Waals surface area contributed by atoms with Crippen molar-refractivity contribution in [1.82, 2.24) is 4.31 Å². The molecule has 0 aliphatic rings. The van der Waals surface area contributed by atoms with Crippen molar-refractivity contribution in [3.05, 3.63) is 47.5 Å². The van der Waals surface area contributed by atoms with Gasteiger partial charge >= 0.3 is 0 Å². The maximum atomic E-state index is 12.5. The lowest BCUT2D eigenvalue weighted by atomic mass is 10.2. The molecule has 0 aliphatic carbocycles. The van der Waals surface area contributed by atoms with Crippen molar-refractivity contribution in [1.29, 1.82) is 0 Å². The number of hydrogen-bond donors (Lipinski definition) is 2. The third-order valence-corrected chi connectivity index (χ3v) is 6.44. The number of ether oxygens (including phenoxy) is 1. The largest absolute Gasteiger partial charge is 0.482 e. The van der Waals surface area contributed by atoms with E-state index in [4.69, 9.17) is 16.3 Å². The lowest BCUT2D eigenvalue weighted by Crippen LogP contribution is -2.30. The highest BCUT2D eigenvalue weighted by Crippen LogP contribution is 2.28. The summed E-state index contributed by atoms with van der Waals surface area (Å²) in [5, 5.41) is 5.38. The van der Waals surface area contributed by atoms with Crippen LogP contribution >= 0.6 is 11.6 Å². The van der Waals surface area contributed by atoms with Crippen LogP contribution in [0.5, 0.6) is 5.75 Å². The van der Waals surface area contributed by atoms with E-state index >= 15 is 0 Å². The zero-order valence-electron chi connectivity index (χ0n) is 16.9. The minimum Gasteiger partial charge on any atom is -0.482 e. The van der Waals surface area contributed by atoms with Gasteiger partial charge < -0.3 is 15.4 Å². The first-order valence-corrected chi connectivity index (χ1v) is 11.1. The maximum Gasteiger partial charge on any atom is 0.262 e. The summed E-state index contributed by atoms with van der Waals surface area (Å²) >= 11 is 6.15. The zero-order valence-corrected chi connectivity index (χ0v) is 18.5. The SMILES string of the molecule is CCN(CC)S(=O)(=O)c1ccc(OCC(=O)Nc2ccc(NC(C)=O)cc2)c(Cl)c1. The van der Waals surface area contributed by atoms with Crippen molar-refractivity contribution >= 4 is 44.8 Å². The smallest absolute Gasteiger partial charge is 0.262 e. The molecule has 0 saturated heterocycles. The summed E-state index contributed by atoms with van der Waals surface area (Å²) < 4.78 is 31.8. The third-order valence-electron chi connectivity index (χ3n) is 4.09. The second-order valence-corrected chi connectivity index (χ2v) is 8.62. The van der Waals surface area contributed by atoms with Gasteiger partial charge in [0, 0.05) is 31.4 Å². The molecule has 0 radical (unpaired) electrons. The summed E-state index contributed by atoms with van der Waals surface area (Å²) in [7, 11) is -3.64. The van der Waals surface area contributed by atoms with E-state index in [9.17, 15) is 18.0 Å². The molecule has 0 atom stereocenters. The molecule has 0 saturated carbocycles. The van der Waals surface area contributed by atoms with Crippen LogP contribution in [0, 0.1) is 0 Å². The van der Waals surface area contributed by atoms with Crippen LogP contribution in [0.15, 0.2) is 47.4 Å².